The number of benzene rings is 1. The van der Waals surface area contributed by atoms with Crippen LogP contribution in [0.15, 0.2) is 53.6 Å². The predicted molar refractivity (Wildman–Crippen MR) is 113 cm³/mol. The zero-order chi connectivity index (χ0) is 21.5. The molecule has 3 aromatic rings. The molecule has 1 saturated heterocycles. The Balaban J connectivity index is 1.64. The van der Waals surface area contributed by atoms with Crippen LogP contribution in [-0.2, 0) is 10.0 Å². The molecule has 7 nitrogen and oxygen atoms in total. The van der Waals surface area contributed by atoms with E-state index in [1.165, 1.54) is 30.3 Å². The molecule has 0 aliphatic carbocycles. The highest BCUT2D eigenvalue weighted by atomic mass is 35.5. The van der Waals surface area contributed by atoms with Crippen LogP contribution < -0.4 is 9.62 Å². The van der Waals surface area contributed by atoms with Crippen molar-refractivity contribution >= 4 is 33.3 Å². The van der Waals surface area contributed by atoms with E-state index in [1.807, 2.05) is 0 Å². The number of aliphatic hydroxyl groups excluding tert-OH is 1. The lowest BCUT2D eigenvalue weighted by Gasteiger charge is -2.36. The number of aromatic nitrogens is 2. The highest BCUT2D eigenvalue weighted by Crippen LogP contribution is 2.31. The van der Waals surface area contributed by atoms with E-state index < -0.39 is 21.9 Å². The molecule has 3 heterocycles. The van der Waals surface area contributed by atoms with Crippen molar-refractivity contribution in [1.29, 1.82) is 0 Å². The van der Waals surface area contributed by atoms with Crippen LogP contribution in [0.5, 0.6) is 0 Å². The number of hydrogen-bond acceptors (Lipinski definition) is 6. The van der Waals surface area contributed by atoms with E-state index in [9.17, 15) is 17.9 Å². The van der Waals surface area contributed by atoms with Gasteiger partial charge in [-0.1, -0.05) is 29.8 Å². The Kier molecular flexibility index (Phi) is 5.35. The van der Waals surface area contributed by atoms with Crippen molar-refractivity contribution in [2.45, 2.75) is 18.1 Å². The summed E-state index contributed by atoms with van der Waals surface area (Å²) in [6.45, 7) is 2.40. The van der Waals surface area contributed by atoms with Gasteiger partial charge in [0.25, 0.3) is 10.0 Å². The predicted octanol–water partition coefficient (Wildman–Crippen LogP) is 3.23. The largest absolute Gasteiger partial charge is 0.389 e. The van der Waals surface area contributed by atoms with Gasteiger partial charge in [0.15, 0.2) is 5.03 Å². The molecule has 2 aromatic heterocycles. The summed E-state index contributed by atoms with van der Waals surface area (Å²) in [5.74, 6) is 0.0847. The summed E-state index contributed by atoms with van der Waals surface area (Å²) in [5, 5.41) is 9.53. The van der Waals surface area contributed by atoms with Crippen LogP contribution in [0.4, 0.5) is 16.0 Å². The van der Waals surface area contributed by atoms with Crippen molar-refractivity contribution in [3.8, 4) is 11.3 Å². The molecular formula is C20H18ClFN4O3S. The molecule has 1 aliphatic heterocycles. The van der Waals surface area contributed by atoms with E-state index in [2.05, 4.69) is 14.7 Å². The number of anilines is 2. The van der Waals surface area contributed by atoms with Crippen LogP contribution >= 0.6 is 11.6 Å². The summed E-state index contributed by atoms with van der Waals surface area (Å²) in [6.07, 6.45) is -0.437. The minimum absolute atomic E-state index is 0.0321. The molecule has 4 rings (SSSR count). The van der Waals surface area contributed by atoms with Gasteiger partial charge in [0.2, 0.25) is 0 Å². The normalized spacial score (nSPS) is 14.5. The topological polar surface area (TPSA) is 95.4 Å². The maximum absolute atomic E-state index is 13.9. The molecule has 1 fully saturated rings. The molecule has 0 atom stereocenters. The lowest BCUT2D eigenvalue weighted by Crippen LogP contribution is -2.51. The Morgan fingerprint density at radius 1 is 1.13 bits per heavy atom. The molecule has 1 aliphatic rings. The fourth-order valence-corrected chi connectivity index (χ4v) is 4.29. The molecule has 0 saturated carbocycles. The number of rotatable bonds is 5. The van der Waals surface area contributed by atoms with Crippen LogP contribution in [0.25, 0.3) is 11.3 Å². The van der Waals surface area contributed by atoms with Crippen molar-refractivity contribution in [1.82, 2.24) is 9.97 Å². The van der Waals surface area contributed by atoms with E-state index in [-0.39, 0.29) is 21.6 Å². The van der Waals surface area contributed by atoms with Gasteiger partial charge in [-0.3, -0.25) is 4.72 Å². The molecule has 156 valence electrons. The first-order chi connectivity index (χ1) is 14.2. The van der Waals surface area contributed by atoms with Crippen LogP contribution in [0.3, 0.4) is 0 Å². The lowest BCUT2D eigenvalue weighted by atomic mass is 10.0. The Labute approximate surface area is 178 Å². The van der Waals surface area contributed by atoms with Crippen LogP contribution in [0.1, 0.15) is 5.56 Å². The second-order valence-electron chi connectivity index (χ2n) is 6.94. The number of hydrogen-bond donors (Lipinski definition) is 2. The first kappa shape index (κ1) is 20.5. The maximum Gasteiger partial charge on any atom is 0.280 e. The summed E-state index contributed by atoms with van der Waals surface area (Å²) in [4.78, 5) is 10.2. The highest BCUT2D eigenvalue weighted by molar-refractivity contribution is 7.92. The first-order valence-electron chi connectivity index (χ1n) is 9.09. The minimum Gasteiger partial charge on any atom is -0.389 e. The van der Waals surface area contributed by atoms with Gasteiger partial charge in [-0.25, -0.2) is 14.4 Å². The van der Waals surface area contributed by atoms with Crippen molar-refractivity contribution in [2.24, 2.45) is 0 Å². The van der Waals surface area contributed by atoms with E-state index in [0.717, 1.165) is 0 Å². The fourth-order valence-electron chi connectivity index (χ4n) is 3.11. The van der Waals surface area contributed by atoms with Gasteiger partial charge < -0.3 is 10.0 Å². The molecule has 2 N–H and O–H groups in total. The van der Waals surface area contributed by atoms with Gasteiger partial charge in [-0.2, -0.15) is 8.42 Å². The Morgan fingerprint density at radius 3 is 2.60 bits per heavy atom. The van der Waals surface area contributed by atoms with Gasteiger partial charge in [0.1, 0.15) is 17.5 Å². The smallest absolute Gasteiger partial charge is 0.280 e. The number of halogens is 2. The van der Waals surface area contributed by atoms with Gasteiger partial charge in [-0.15, -0.1) is 0 Å². The zero-order valence-corrected chi connectivity index (χ0v) is 17.5. The number of nitrogens with zero attached hydrogens (tertiary/aromatic N) is 3. The van der Waals surface area contributed by atoms with Gasteiger partial charge in [0.05, 0.1) is 16.8 Å². The zero-order valence-electron chi connectivity index (χ0n) is 15.9. The number of aliphatic hydroxyl groups is 1. The Bertz CT molecular complexity index is 1220. The summed E-state index contributed by atoms with van der Waals surface area (Å²) in [5.41, 5.74) is 1.10. The molecule has 0 unspecified atom stereocenters. The fraction of sp³-hybridized carbons (Fsp3) is 0.200. The van der Waals surface area contributed by atoms with Crippen molar-refractivity contribution < 1.29 is 17.9 Å². The average Bonchev–Trinajstić information content (AvgIpc) is 2.69. The molecule has 0 amide bonds. The van der Waals surface area contributed by atoms with Crippen molar-refractivity contribution in [2.75, 3.05) is 22.7 Å². The molecular weight excluding hydrogens is 431 g/mol. The van der Waals surface area contributed by atoms with Crippen LogP contribution in [-0.4, -0.2) is 42.7 Å². The third-order valence-electron chi connectivity index (χ3n) is 4.78. The highest BCUT2D eigenvalue weighted by Gasteiger charge is 2.27. The van der Waals surface area contributed by atoms with Crippen molar-refractivity contribution in [3.05, 3.63) is 64.9 Å². The third kappa shape index (κ3) is 3.96. The van der Waals surface area contributed by atoms with Crippen molar-refractivity contribution in [3.63, 3.8) is 0 Å². The number of β-amino-alcohol motifs (C(OH)–C–C–N with tert-alkyl or cyclic N) is 1. The minimum atomic E-state index is -4.03. The van der Waals surface area contributed by atoms with Crippen LogP contribution in [0, 0.1) is 12.7 Å². The second-order valence-corrected chi connectivity index (χ2v) is 8.97. The maximum atomic E-state index is 13.9. The monoisotopic (exact) mass is 448 g/mol. The van der Waals surface area contributed by atoms with Gasteiger partial charge in [-0.05, 0) is 42.8 Å². The molecule has 10 heteroatoms. The van der Waals surface area contributed by atoms with E-state index in [0.29, 0.717) is 30.0 Å². The lowest BCUT2D eigenvalue weighted by molar-refractivity contribution is 0.141. The van der Waals surface area contributed by atoms with Gasteiger partial charge >= 0.3 is 0 Å². The molecule has 0 bridgehead atoms. The van der Waals surface area contributed by atoms with E-state index in [4.69, 9.17) is 11.6 Å². The van der Waals surface area contributed by atoms with Gasteiger partial charge in [0, 0.05) is 18.7 Å². The average molecular weight is 449 g/mol. The SMILES string of the molecule is Cc1c(F)cccc1-c1nc(NS(=O)(=O)c2cccc(N3CC(O)C3)n2)ccc1Cl. The van der Waals surface area contributed by atoms with Crippen LogP contribution in [0.2, 0.25) is 5.02 Å². The Hall–Kier alpha value is -2.75. The van der Waals surface area contributed by atoms with E-state index in [1.54, 1.807) is 30.0 Å². The molecule has 0 spiro atoms. The summed E-state index contributed by atoms with van der Waals surface area (Å²) < 4.78 is 42.0. The number of pyridine rings is 2. The van der Waals surface area contributed by atoms with E-state index >= 15 is 0 Å². The number of sulfonamides is 1. The second kappa shape index (κ2) is 7.82. The molecule has 0 radical (unpaired) electrons. The third-order valence-corrected chi connectivity index (χ3v) is 6.34. The first-order valence-corrected chi connectivity index (χ1v) is 11.0. The summed E-state index contributed by atoms with van der Waals surface area (Å²) in [6, 6.07) is 12.1. The molecule has 1 aromatic carbocycles. The molecule has 30 heavy (non-hydrogen) atoms. The standard InChI is InChI=1S/C20H18ClFN4O3S/c1-12-14(4-2-5-16(12)22)20-15(21)8-9-17(23-20)25-30(28,29)19-7-3-6-18(24-19)26-10-13(27)11-26/h2-9,13,27H,10-11H2,1H3,(H,23,25). The summed E-state index contributed by atoms with van der Waals surface area (Å²) >= 11 is 6.23. The Morgan fingerprint density at radius 2 is 1.87 bits per heavy atom. The number of nitrogens with one attached hydrogen (secondary N) is 1. The quantitative estimate of drug-likeness (QED) is 0.622. The summed E-state index contributed by atoms with van der Waals surface area (Å²) in [7, 11) is -4.03.